The van der Waals surface area contributed by atoms with Gasteiger partial charge in [0, 0.05) is 17.7 Å². The van der Waals surface area contributed by atoms with Gasteiger partial charge < -0.3 is 15.2 Å². The van der Waals surface area contributed by atoms with E-state index >= 15 is 0 Å². The third kappa shape index (κ3) is 2.31. The summed E-state index contributed by atoms with van der Waals surface area (Å²) in [5.74, 6) is -1.43. The van der Waals surface area contributed by atoms with Crippen LogP contribution in [-0.4, -0.2) is 36.4 Å². The lowest BCUT2D eigenvalue weighted by molar-refractivity contribution is -0.385. The van der Waals surface area contributed by atoms with Crippen molar-refractivity contribution in [3.63, 3.8) is 0 Å². The van der Waals surface area contributed by atoms with E-state index in [-0.39, 0.29) is 23.9 Å². The number of hydrogen-bond donors (Lipinski definition) is 1. The van der Waals surface area contributed by atoms with Crippen LogP contribution in [0.15, 0.2) is 23.2 Å². The Morgan fingerprint density at radius 1 is 1.57 bits per heavy atom. The molecule has 0 radical (unpaired) electrons. The third-order valence-corrected chi connectivity index (χ3v) is 4.39. The molecule has 0 aliphatic carbocycles. The van der Waals surface area contributed by atoms with Gasteiger partial charge in [0.15, 0.2) is 0 Å². The number of nitro benzene ring substituents is 1. The van der Waals surface area contributed by atoms with Crippen molar-refractivity contribution in [2.45, 2.75) is 24.7 Å². The summed E-state index contributed by atoms with van der Waals surface area (Å²) in [6.07, 6.45) is -1.05. The lowest BCUT2D eigenvalue weighted by atomic mass is 9.74. The van der Waals surface area contributed by atoms with Crippen LogP contribution < -0.4 is 5.73 Å². The molecule has 4 atom stereocenters. The van der Waals surface area contributed by atoms with E-state index in [0.29, 0.717) is 0 Å². The monoisotopic (exact) mass is 327 g/mol. The largest absolute Gasteiger partial charge is 0.459 e. The van der Waals surface area contributed by atoms with Crippen molar-refractivity contribution in [1.29, 1.82) is 0 Å². The highest BCUT2D eigenvalue weighted by Crippen LogP contribution is 2.47. The molecule has 0 amide bonds. The van der Waals surface area contributed by atoms with Crippen LogP contribution in [0.3, 0.4) is 0 Å². The molecule has 1 fully saturated rings. The Morgan fingerprint density at radius 2 is 2.30 bits per heavy atom. The van der Waals surface area contributed by atoms with Crippen molar-refractivity contribution >= 4 is 11.7 Å². The molecule has 0 bridgehead atoms. The molecule has 9 heteroatoms. The number of ether oxygens (including phenoxy) is 2. The Hall–Kier alpha value is -2.29. The van der Waals surface area contributed by atoms with Crippen molar-refractivity contribution < 1.29 is 23.2 Å². The molecule has 2 aliphatic rings. The van der Waals surface area contributed by atoms with Crippen LogP contribution in [0.2, 0.25) is 0 Å². The zero-order valence-corrected chi connectivity index (χ0v) is 12.2. The van der Waals surface area contributed by atoms with E-state index in [2.05, 4.69) is 4.99 Å². The molecule has 0 unspecified atom stereocenters. The van der Waals surface area contributed by atoms with Crippen LogP contribution in [0, 0.1) is 21.8 Å². The second kappa shape index (κ2) is 5.41. The van der Waals surface area contributed by atoms with Gasteiger partial charge in [-0.2, -0.15) is 0 Å². The smallest absolute Gasteiger partial charge is 0.283 e. The highest BCUT2D eigenvalue weighted by atomic mass is 19.1. The average Bonchev–Trinajstić information content (AvgIpc) is 2.88. The standard InChI is InChI=1S/C14H15F2N3O4/c1-7-12-11(5-22-7)23-13(17)18-14(12,6-15)9-4-8(19(20)21)2-3-10(9)16/h2-4,7,11-12H,5-6H2,1H3,(H2,17,18)/t7-,11+,12-,14+/m0/s1. The van der Waals surface area contributed by atoms with Crippen molar-refractivity contribution in [2.75, 3.05) is 13.3 Å². The molecule has 2 aliphatic heterocycles. The fourth-order valence-electron chi connectivity index (χ4n) is 3.40. The van der Waals surface area contributed by atoms with E-state index in [1.807, 2.05) is 0 Å². The summed E-state index contributed by atoms with van der Waals surface area (Å²) in [6.45, 7) is 0.787. The van der Waals surface area contributed by atoms with Gasteiger partial charge in [-0.3, -0.25) is 10.1 Å². The van der Waals surface area contributed by atoms with Gasteiger partial charge in [-0.05, 0) is 13.0 Å². The zero-order valence-electron chi connectivity index (χ0n) is 12.2. The fraction of sp³-hybridized carbons (Fsp3) is 0.500. The number of nitrogens with two attached hydrogens (primary N) is 1. The van der Waals surface area contributed by atoms with Crippen LogP contribution in [-0.2, 0) is 15.0 Å². The molecule has 124 valence electrons. The van der Waals surface area contributed by atoms with E-state index in [4.69, 9.17) is 15.2 Å². The first-order chi connectivity index (χ1) is 10.9. The van der Waals surface area contributed by atoms with Crippen molar-refractivity contribution in [3.8, 4) is 0 Å². The number of fused-ring (bicyclic) bond motifs is 1. The average molecular weight is 327 g/mol. The van der Waals surface area contributed by atoms with Crippen LogP contribution in [0.1, 0.15) is 12.5 Å². The molecule has 3 rings (SSSR count). The SMILES string of the molecule is C[C@@H]1OC[C@H]2OC(N)=N[C@](CF)(c3cc([N+](=O)[O-])ccc3F)[C@@H]12. The minimum atomic E-state index is -1.71. The van der Waals surface area contributed by atoms with Gasteiger partial charge in [0.25, 0.3) is 11.7 Å². The van der Waals surface area contributed by atoms with Gasteiger partial charge in [0.1, 0.15) is 24.1 Å². The molecule has 2 N–H and O–H groups in total. The second-order valence-electron chi connectivity index (χ2n) is 5.65. The number of halogens is 2. The quantitative estimate of drug-likeness (QED) is 0.672. The predicted molar refractivity (Wildman–Crippen MR) is 76.1 cm³/mol. The normalized spacial score (nSPS) is 32.8. The van der Waals surface area contributed by atoms with E-state index in [1.165, 1.54) is 0 Å². The van der Waals surface area contributed by atoms with Gasteiger partial charge in [-0.25, -0.2) is 13.8 Å². The number of hydrogen-bond acceptors (Lipinski definition) is 6. The number of amidine groups is 1. The maximum absolute atomic E-state index is 14.4. The maximum atomic E-state index is 14.4. The summed E-state index contributed by atoms with van der Waals surface area (Å²) in [7, 11) is 0. The second-order valence-corrected chi connectivity index (χ2v) is 5.65. The van der Waals surface area contributed by atoms with Crippen molar-refractivity contribution in [1.82, 2.24) is 0 Å². The lowest BCUT2D eigenvalue weighted by Crippen LogP contribution is -2.52. The molecule has 1 aromatic carbocycles. The minimum absolute atomic E-state index is 0.167. The summed E-state index contributed by atoms with van der Waals surface area (Å²) < 4.78 is 39.3. The Morgan fingerprint density at radius 3 is 2.96 bits per heavy atom. The summed E-state index contributed by atoms with van der Waals surface area (Å²) in [5, 5.41) is 11.0. The summed E-state index contributed by atoms with van der Waals surface area (Å²) in [4.78, 5) is 14.3. The Kier molecular flexibility index (Phi) is 3.67. The van der Waals surface area contributed by atoms with Gasteiger partial charge >= 0.3 is 0 Å². The highest BCUT2D eigenvalue weighted by Gasteiger charge is 2.56. The Labute approximate surface area is 130 Å². The molecule has 0 spiro atoms. The molecule has 7 nitrogen and oxygen atoms in total. The maximum Gasteiger partial charge on any atom is 0.283 e. The fourth-order valence-corrected chi connectivity index (χ4v) is 3.40. The molecule has 0 saturated carbocycles. The van der Waals surface area contributed by atoms with Crippen LogP contribution in [0.4, 0.5) is 14.5 Å². The van der Waals surface area contributed by atoms with Crippen LogP contribution in [0.5, 0.6) is 0 Å². The number of alkyl halides is 1. The van der Waals surface area contributed by atoms with Gasteiger partial charge in [0.05, 0.1) is 23.6 Å². The van der Waals surface area contributed by atoms with Gasteiger partial charge in [0.2, 0.25) is 0 Å². The summed E-state index contributed by atoms with van der Waals surface area (Å²) >= 11 is 0. The third-order valence-electron chi connectivity index (χ3n) is 4.39. The first-order valence-electron chi connectivity index (χ1n) is 7.03. The number of aliphatic imine (C=N–C) groups is 1. The Balaban J connectivity index is 2.22. The van der Waals surface area contributed by atoms with Crippen molar-refractivity contribution in [3.05, 3.63) is 39.7 Å². The lowest BCUT2D eigenvalue weighted by Gasteiger charge is -2.40. The molecule has 0 aromatic heterocycles. The minimum Gasteiger partial charge on any atom is -0.459 e. The van der Waals surface area contributed by atoms with Crippen molar-refractivity contribution in [2.24, 2.45) is 16.6 Å². The van der Waals surface area contributed by atoms with Gasteiger partial charge in [-0.1, -0.05) is 0 Å². The van der Waals surface area contributed by atoms with Crippen LogP contribution >= 0.6 is 0 Å². The molecule has 1 aromatic rings. The molecule has 1 saturated heterocycles. The van der Waals surface area contributed by atoms with E-state index in [0.717, 1.165) is 18.2 Å². The zero-order chi connectivity index (χ0) is 16.8. The van der Waals surface area contributed by atoms with E-state index < -0.39 is 41.1 Å². The molecule has 2 heterocycles. The Bertz CT molecular complexity index is 684. The van der Waals surface area contributed by atoms with Gasteiger partial charge in [-0.15, -0.1) is 0 Å². The molecule has 23 heavy (non-hydrogen) atoms. The summed E-state index contributed by atoms with van der Waals surface area (Å²) in [5.41, 5.74) is 3.35. The molecular weight excluding hydrogens is 312 g/mol. The number of benzene rings is 1. The highest BCUT2D eigenvalue weighted by molar-refractivity contribution is 5.73. The first-order valence-corrected chi connectivity index (χ1v) is 7.03. The summed E-state index contributed by atoms with van der Waals surface area (Å²) in [6, 6.07) is 2.66. The van der Waals surface area contributed by atoms with E-state index in [9.17, 15) is 18.9 Å². The topological polar surface area (TPSA) is 100.0 Å². The number of nitro groups is 1. The first kappa shape index (κ1) is 15.6. The van der Waals surface area contributed by atoms with Crippen LogP contribution in [0.25, 0.3) is 0 Å². The van der Waals surface area contributed by atoms with E-state index in [1.54, 1.807) is 6.92 Å². The number of non-ortho nitro benzene ring substituents is 1. The number of nitrogens with zero attached hydrogens (tertiary/aromatic N) is 2. The predicted octanol–water partition coefficient (Wildman–Crippen LogP) is 1.65. The molecular formula is C14H15F2N3O4. The number of rotatable bonds is 3.